The number of nitro benzene ring substituents is 1. The molecule has 1 fully saturated rings. The molecule has 9 heteroatoms. The largest absolute Gasteiger partial charge is 0.550 e. The van der Waals surface area contributed by atoms with E-state index in [1.165, 1.54) is 25.3 Å². The predicted molar refractivity (Wildman–Crippen MR) is 104 cm³/mol. The van der Waals surface area contributed by atoms with Gasteiger partial charge >= 0.3 is 5.97 Å². The molecule has 4 atom stereocenters. The quantitative estimate of drug-likeness (QED) is 0.418. The Morgan fingerprint density at radius 3 is 2.70 bits per heavy atom. The lowest BCUT2D eigenvalue weighted by Crippen LogP contribution is -2.61. The summed E-state index contributed by atoms with van der Waals surface area (Å²) in [4.78, 5) is 35.8. The number of ether oxygens (including phenoxy) is 2. The summed E-state index contributed by atoms with van der Waals surface area (Å²) in [5.74, 6) is -4.20. The number of hydrogen-bond donors (Lipinski definition) is 1. The molecule has 1 saturated heterocycles. The van der Waals surface area contributed by atoms with Crippen molar-refractivity contribution in [1.82, 2.24) is 5.32 Å². The summed E-state index contributed by atoms with van der Waals surface area (Å²) in [5, 5.41) is 26.9. The zero-order valence-electron chi connectivity index (χ0n) is 17.2. The smallest absolute Gasteiger partial charge is 0.336 e. The van der Waals surface area contributed by atoms with Crippen LogP contribution in [0.3, 0.4) is 0 Å². The normalized spacial score (nSPS) is 28.7. The molecule has 2 aliphatic heterocycles. The van der Waals surface area contributed by atoms with Crippen molar-refractivity contribution >= 4 is 17.6 Å². The number of nitro groups is 1. The van der Waals surface area contributed by atoms with Gasteiger partial charge in [0.05, 0.1) is 23.7 Å². The second-order valence-corrected chi connectivity index (χ2v) is 8.04. The van der Waals surface area contributed by atoms with Gasteiger partial charge in [0.2, 0.25) is 0 Å². The Labute approximate surface area is 174 Å². The van der Waals surface area contributed by atoms with Gasteiger partial charge in [-0.1, -0.05) is 12.1 Å². The second kappa shape index (κ2) is 8.43. The first-order valence-electron chi connectivity index (χ1n) is 9.82. The van der Waals surface area contributed by atoms with E-state index in [-0.39, 0.29) is 17.4 Å². The van der Waals surface area contributed by atoms with E-state index in [1.807, 2.05) is 0 Å². The Bertz CT molecular complexity index is 891. The Morgan fingerprint density at radius 1 is 1.40 bits per heavy atom. The highest BCUT2D eigenvalue weighted by molar-refractivity contribution is 5.93. The molecule has 9 nitrogen and oxygen atoms in total. The summed E-state index contributed by atoms with van der Waals surface area (Å²) >= 11 is 0. The molecule has 1 N–H and O–H groups in total. The highest BCUT2D eigenvalue weighted by atomic mass is 16.6. The molecule has 1 aromatic rings. The molecule has 162 valence electrons. The number of non-ortho nitro benzene ring substituents is 1. The van der Waals surface area contributed by atoms with Gasteiger partial charge in [-0.15, -0.1) is 0 Å². The third-order valence-electron chi connectivity index (χ3n) is 5.98. The maximum absolute atomic E-state index is 12.6. The zero-order chi connectivity index (χ0) is 22.1. The molecular formula is C21H25N2O7-. The van der Waals surface area contributed by atoms with Crippen molar-refractivity contribution in [2.75, 3.05) is 13.7 Å². The molecule has 2 aliphatic rings. The molecule has 1 aromatic carbocycles. The average Bonchev–Trinajstić information content (AvgIpc) is 3.18. The molecule has 0 aliphatic carbocycles. The Hall–Kier alpha value is -2.94. The summed E-state index contributed by atoms with van der Waals surface area (Å²) < 4.78 is 10.6. The average molecular weight is 417 g/mol. The topological polar surface area (TPSA) is 131 Å². The number of allylic oxidation sites excluding steroid dienone is 1. The van der Waals surface area contributed by atoms with Crippen LogP contribution in [0.5, 0.6) is 0 Å². The highest BCUT2D eigenvalue weighted by Gasteiger charge is 2.49. The third-order valence-corrected chi connectivity index (χ3v) is 5.98. The van der Waals surface area contributed by atoms with Crippen molar-refractivity contribution in [3.8, 4) is 0 Å². The molecule has 2 heterocycles. The molecule has 30 heavy (non-hydrogen) atoms. The first kappa shape index (κ1) is 21.8. The molecule has 0 aromatic heterocycles. The van der Waals surface area contributed by atoms with Crippen LogP contribution in [-0.2, 0) is 19.1 Å². The van der Waals surface area contributed by atoms with Gasteiger partial charge < -0.3 is 24.7 Å². The number of hydrogen-bond acceptors (Lipinski definition) is 8. The van der Waals surface area contributed by atoms with Crippen LogP contribution >= 0.6 is 0 Å². The van der Waals surface area contributed by atoms with E-state index in [1.54, 1.807) is 19.9 Å². The SMILES string of the molecule is COC(=O)C1=C(C)NC(C)(CC2CCCO2)C(C(=O)[O-])C1c1cccc([N+](=O)[O-])c1. The fraction of sp³-hybridized carbons (Fsp3) is 0.524. The summed E-state index contributed by atoms with van der Waals surface area (Å²) in [6.45, 7) is 4.06. The molecule has 3 rings (SSSR count). The van der Waals surface area contributed by atoms with Gasteiger partial charge in [-0.25, -0.2) is 4.79 Å². The van der Waals surface area contributed by atoms with Crippen LogP contribution < -0.4 is 10.4 Å². The van der Waals surface area contributed by atoms with Crippen LogP contribution in [0.4, 0.5) is 5.69 Å². The number of aliphatic carboxylic acids is 1. The van der Waals surface area contributed by atoms with Crippen molar-refractivity contribution in [3.05, 3.63) is 51.2 Å². The number of carbonyl (C=O) groups is 2. The summed E-state index contributed by atoms with van der Waals surface area (Å²) in [5.41, 5.74) is -0.248. The Morgan fingerprint density at radius 2 is 2.13 bits per heavy atom. The number of carboxylic acid groups (broad SMARTS) is 1. The lowest BCUT2D eigenvalue weighted by molar-refractivity contribution is -0.385. The van der Waals surface area contributed by atoms with Crippen LogP contribution in [0.25, 0.3) is 0 Å². The van der Waals surface area contributed by atoms with Gasteiger partial charge in [0.25, 0.3) is 5.69 Å². The molecule has 4 unspecified atom stereocenters. The number of methoxy groups -OCH3 is 1. The number of rotatable bonds is 6. The minimum atomic E-state index is -1.35. The van der Waals surface area contributed by atoms with Crippen molar-refractivity contribution in [2.24, 2.45) is 5.92 Å². The van der Waals surface area contributed by atoms with Crippen LogP contribution in [0.15, 0.2) is 35.5 Å². The number of nitrogens with one attached hydrogen (secondary N) is 1. The molecule has 0 saturated carbocycles. The summed E-state index contributed by atoms with van der Waals surface area (Å²) in [6.07, 6.45) is 1.98. The van der Waals surface area contributed by atoms with E-state index < -0.39 is 34.2 Å². The number of benzene rings is 1. The van der Waals surface area contributed by atoms with E-state index >= 15 is 0 Å². The lowest BCUT2D eigenvalue weighted by Gasteiger charge is -2.49. The molecule has 0 bridgehead atoms. The van der Waals surface area contributed by atoms with Crippen LogP contribution in [0, 0.1) is 16.0 Å². The zero-order valence-corrected chi connectivity index (χ0v) is 17.2. The Balaban J connectivity index is 2.17. The van der Waals surface area contributed by atoms with Crippen LogP contribution in [-0.4, -0.2) is 42.2 Å². The van der Waals surface area contributed by atoms with Crippen molar-refractivity contribution in [3.63, 3.8) is 0 Å². The maximum atomic E-state index is 12.6. The van der Waals surface area contributed by atoms with Crippen LogP contribution in [0.2, 0.25) is 0 Å². The Kier molecular flexibility index (Phi) is 6.12. The minimum Gasteiger partial charge on any atom is -0.550 e. The first-order chi connectivity index (χ1) is 14.2. The highest BCUT2D eigenvalue weighted by Crippen LogP contribution is 2.46. The van der Waals surface area contributed by atoms with Crippen LogP contribution in [0.1, 0.15) is 44.6 Å². The number of carboxylic acids is 1. The second-order valence-electron chi connectivity index (χ2n) is 8.04. The predicted octanol–water partition coefficient (Wildman–Crippen LogP) is 1.42. The van der Waals surface area contributed by atoms with Gasteiger partial charge in [-0.05, 0) is 38.7 Å². The van der Waals surface area contributed by atoms with Gasteiger partial charge in [0, 0.05) is 47.8 Å². The van der Waals surface area contributed by atoms with E-state index in [2.05, 4.69) is 5.32 Å². The fourth-order valence-corrected chi connectivity index (χ4v) is 4.77. The fourth-order valence-electron chi connectivity index (χ4n) is 4.77. The maximum Gasteiger partial charge on any atom is 0.336 e. The third kappa shape index (κ3) is 4.02. The molecule has 0 radical (unpaired) electrons. The van der Waals surface area contributed by atoms with Crippen molar-refractivity contribution in [1.29, 1.82) is 0 Å². The van der Waals surface area contributed by atoms with E-state index in [9.17, 15) is 24.8 Å². The monoisotopic (exact) mass is 417 g/mol. The van der Waals surface area contributed by atoms with E-state index in [4.69, 9.17) is 9.47 Å². The molecule has 0 amide bonds. The number of nitrogens with zero attached hydrogens (tertiary/aromatic N) is 1. The van der Waals surface area contributed by atoms with E-state index in [0.717, 1.165) is 12.8 Å². The minimum absolute atomic E-state index is 0.122. The van der Waals surface area contributed by atoms with Gasteiger partial charge in [-0.3, -0.25) is 10.1 Å². The van der Waals surface area contributed by atoms with Gasteiger partial charge in [0.1, 0.15) is 0 Å². The van der Waals surface area contributed by atoms with Crippen molar-refractivity contribution < 1.29 is 29.1 Å². The van der Waals surface area contributed by atoms with Gasteiger partial charge in [-0.2, -0.15) is 0 Å². The van der Waals surface area contributed by atoms with E-state index in [0.29, 0.717) is 24.3 Å². The standard InChI is InChI=1S/C21H26N2O7/c1-12-16(20(26)29-3)17(13-6-4-7-14(10-13)23(27)28)18(19(24)25)21(2,22-12)11-15-8-5-9-30-15/h4,6-7,10,15,17-18,22H,5,8-9,11H2,1-3H3,(H,24,25)/p-1. The summed E-state index contributed by atoms with van der Waals surface area (Å²) in [7, 11) is 1.21. The summed E-state index contributed by atoms with van der Waals surface area (Å²) in [6, 6.07) is 5.68. The first-order valence-corrected chi connectivity index (χ1v) is 9.82. The molecule has 0 spiro atoms. The number of esters is 1. The van der Waals surface area contributed by atoms with Crippen molar-refractivity contribution in [2.45, 2.75) is 50.7 Å². The lowest BCUT2D eigenvalue weighted by atomic mass is 9.65. The molecular weight excluding hydrogens is 392 g/mol. The van der Waals surface area contributed by atoms with Gasteiger partial charge in [0.15, 0.2) is 0 Å². The number of carbonyl (C=O) groups excluding carboxylic acids is 2.